The van der Waals surface area contributed by atoms with Crippen molar-refractivity contribution in [2.24, 2.45) is 5.41 Å². The van der Waals surface area contributed by atoms with Crippen LogP contribution in [0.2, 0.25) is 0 Å². The van der Waals surface area contributed by atoms with Crippen LogP contribution >= 0.6 is 0 Å². The van der Waals surface area contributed by atoms with E-state index >= 15 is 0 Å². The maximum absolute atomic E-state index is 10.6. The van der Waals surface area contributed by atoms with Crippen LogP contribution in [0.4, 0.5) is 5.82 Å². The van der Waals surface area contributed by atoms with Crippen LogP contribution in [0.3, 0.4) is 0 Å². The van der Waals surface area contributed by atoms with Gasteiger partial charge in [-0.2, -0.15) is 0 Å². The zero-order valence-corrected chi connectivity index (χ0v) is 9.36. The van der Waals surface area contributed by atoms with E-state index in [4.69, 9.17) is 5.11 Å². The Kier molecular flexibility index (Phi) is 2.81. The van der Waals surface area contributed by atoms with Gasteiger partial charge in [-0.3, -0.25) is 0 Å². The molecule has 0 saturated heterocycles. The summed E-state index contributed by atoms with van der Waals surface area (Å²) in [7, 11) is 0. The van der Waals surface area contributed by atoms with E-state index in [1.807, 2.05) is 0 Å². The highest BCUT2D eigenvalue weighted by atomic mass is 16.4. The Balaban J connectivity index is 1.92. The van der Waals surface area contributed by atoms with Gasteiger partial charge in [0.25, 0.3) is 0 Å². The van der Waals surface area contributed by atoms with Crippen molar-refractivity contribution in [3.05, 3.63) is 23.9 Å². The second kappa shape index (κ2) is 4.12. The quantitative estimate of drug-likeness (QED) is 0.817. The summed E-state index contributed by atoms with van der Waals surface area (Å²) in [6.07, 6.45) is 5.21. The van der Waals surface area contributed by atoms with Crippen molar-refractivity contribution in [1.29, 1.82) is 0 Å². The lowest BCUT2D eigenvalue weighted by Gasteiger charge is -2.38. The Morgan fingerprint density at radius 3 is 2.75 bits per heavy atom. The van der Waals surface area contributed by atoms with Crippen LogP contribution in [0.15, 0.2) is 18.3 Å². The number of aromatic nitrogens is 1. The second-order valence-corrected chi connectivity index (χ2v) is 4.76. The molecule has 0 unspecified atom stereocenters. The molecule has 16 heavy (non-hydrogen) atoms. The van der Waals surface area contributed by atoms with Gasteiger partial charge in [-0.1, -0.05) is 13.3 Å². The Morgan fingerprint density at radius 2 is 2.31 bits per heavy atom. The molecule has 2 rings (SSSR count). The molecule has 86 valence electrons. The zero-order valence-electron chi connectivity index (χ0n) is 9.36. The zero-order chi connectivity index (χ0) is 11.6. The van der Waals surface area contributed by atoms with E-state index in [9.17, 15) is 4.79 Å². The second-order valence-electron chi connectivity index (χ2n) is 4.76. The van der Waals surface area contributed by atoms with Gasteiger partial charge in [0.1, 0.15) is 5.82 Å². The van der Waals surface area contributed by atoms with Gasteiger partial charge in [0.05, 0.1) is 5.56 Å². The molecular weight excluding hydrogens is 204 g/mol. The van der Waals surface area contributed by atoms with Crippen LogP contribution in [0.1, 0.15) is 36.5 Å². The summed E-state index contributed by atoms with van der Waals surface area (Å²) in [6, 6.07) is 3.28. The summed E-state index contributed by atoms with van der Waals surface area (Å²) in [5.74, 6) is -0.192. The Bertz CT molecular complexity index is 383. The van der Waals surface area contributed by atoms with Crippen molar-refractivity contribution in [1.82, 2.24) is 4.98 Å². The molecule has 0 bridgehead atoms. The number of rotatable bonds is 4. The van der Waals surface area contributed by atoms with Crippen molar-refractivity contribution in [3.63, 3.8) is 0 Å². The monoisotopic (exact) mass is 220 g/mol. The highest BCUT2D eigenvalue weighted by molar-refractivity contribution is 5.87. The van der Waals surface area contributed by atoms with Gasteiger partial charge >= 0.3 is 5.97 Å². The highest BCUT2D eigenvalue weighted by Gasteiger charge is 2.31. The lowest BCUT2D eigenvalue weighted by atomic mass is 9.70. The predicted molar refractivity (Wildman–Crippen MR) is 61.6 cm³/mol. The van der Waals surface area contributed by atoms with Gasteiger partial charge < -0.3 is 10.4 Å². The number of pyridine rings is 1. The SMILES string of the molecule is CC1(CNc2ccc(C(=O)O)cn2)CCC1. The van der Waals surface area contributed by atoms with E-state index < -0.39 is 5.97 Å². The molecule has 0 radical (unpaired) electrons. The number of hydrogen-bond acceptors (Lipinski definition) is 3. The first-order valence-electron chi connectivity index (χ1n) is 5.52. The van der Waals surface area contributed by atoms with Crippen LogP contribution in [0.25, 0.3) is 0 Å². The summed E-state index contributed by atoms with van der Waals surface area (Å²) < 4.78 is 0. The molecule has 1 aromatic rings. The maximum Gasteiger partial charge on any atom is 0.337 e. The average molecular weight is 220 g/mol. The largest absolute Gasteiger partial charge is 0.478 e. The number of carboxylic acid groups (broad SMARTS) is 1. The maximum atomic E-state index is 10.6. The first-order chi connectivity index (χ1) is 7.59. The molecule has 0 spiro atoms. The lowest BCUT2D eigenvalue weighted by molar-refractivity contribution is 0.0696. The molecule has 0 atom stereocenters. The number of carboxylic acids is 1. The van der Waals surface area contributed by atoms with E-state index in [1.54, 1.807) is 12.1 Å². The third-order valence-electron chi connectivity index (χ3n) is 3.27. The summed E-state index contributed by atoms with van der Waals surface area (Å²) >= 11 is 0. The van der Waals surface area contributed by atoms with Gasteiger partial charge in [-0.05, 0) is 30.4 Å². The summed E-state index contributed by atoms with van der Waals surface area (Å²) in [5, 5.41) is 12.0. The van der Waals surface area contributed by atoms with Gasteiger partial charge in [0.15, 0.2) is 0 Å². The standard InChI is InChI=1S/C12H16N2O2/c1-12(5-2-6-12)8-14-10-4-3-9(7-13-10)11(15)16/h3-4,7H,2,5-6,8H2,1H3,(H,13,14)(H,15,16). The first-order valence-corrected chi connectivity index (χ1v) is 5.52. The number of carbonyl (C=O) groups is 1. The Morgan fingerprint density at radius 1 is 1.56 bits per heavy atom. The van der Waals surface area contributed by atoms with Gasteiger partial charge in [-0.15, -0.1) is 0 Å². The molecule has 0 aromatic carbocycles. The summed E-state index contributed by atoms with van der Waals surface area (Å²) in [4.78, 5) is 14.7. The van der Waals surface area contributed by atoms with E-state index in [2.05, 4.69) is 17.2 Å². The minimum Gasteiger partial charge on any atom is -0.478 e. The Labute approximate surface area is 94.7 Å². The average Bonchev–Trinajstić information content (AvgIpc) is 2.24. The first kappa shape index (κ1) is 10.9. The smallest absolute Gasteiger partial charge is 0.337 e. The van der Waals surface area contributed by atoms with Crippen molar-refractivity contribution in [2.45, 2.75) is 26.2 Å². The highest BCUT2D eigenvalue weighted by Crippen LogP contribution is 2.39. The number of anilines is 1. The molecule has 0 aliphatic heterocycles. The molecule has 1 aliphatic rings. The van der Waals surface area contributed by atoms with Crippen LogP contribution < -0.4 is 5.32 Å². The van der Waals surface area contributed by atoms with Crippen LogP contribution in [-0.4, -0.2) is 22.6 Å². The summed E-state index contributed by atoms with van der Waals surface area (Å²) in [6.45, 7) is 3.17. The third kappa shape index (κ3) is 2.32. The molecule has 4 heteroatoms. The van der Waals surface area contributed by atoms with Gasteiger partial charge in [0, 0.05) is 12.7 Å². The minimum atomic E-state index is -0.940. The van der Waals surface area contributed by atoms with Gasteiger partial charge in [0.2, 0.25) is 0 Å². The van der Waals surface area contributed by atoms with E-state index in [0.717, 1.165) is 12.4 Å². The summed E-state index contributed by atoms with van der Waals surface area (Å²) in [5.41, 5.74) is 0.619. The minimum absolute atomic E-state index is 0.223. The molecular formula is C12H16N2O2. The van der Waals surface area contributed by atoms with Crippen LogP contribution in [0, 0.1) is 5.41 Å². The van der Waals surface area contributed by atoms with Gasteiger partial charge in [-0.25, -0.2) is 9.78 Å². The van der Waals surface area contributed by atoms with E-state index in [0.29, 0.717) is 5.41 Å². The van der Waals surface area contributed by atoms with Crippen LogP contribution in [-0.2, 0) is 0 Å². The van der Waals surface area contributed by atoms with E-state index in [1.165, 1.54) is 25.5 Å². The predicted octanol–water partition coefficient (Wildman–Crippen LogP) is 2.38. The molecule has 1 heterocycles. The van der Waals surface area contributed by atoms with Crippen molar-refractivity contribution in [2.75, 3.05) is 11.9 Å². The van der Waals surface area contributed by atoms with E-state index in [-0.39, 0.29) is 5.56 Å². The third-order valence-corrected chi connectivity index (χ3v) is 3.27. The molecule has 2 N–H and O–H groups in total. The van der Waals surface area contributed by atoms with Crippen LogP contribution in [0.5, 0.6) is 0 Å². The fraction of sp³-hybridized carbons (Fsp3) is 0.500. The fourth-order valence-electron chi connectivity index (χ4n) is 1.89. The Hall–Kier alpha value is -1.58. The molecule has 1 aromatic heterocycles. The number of aromatic carboxylic acids is 1. The molecule has 1 aliphatic carbocycles. The topological polar surface area (TPSA) is 62.2 Å². The number of nitrogens with zero attached hydrogens (tertiary/aromatic N) is 1. The number of hydrogen-bond donors (Lipinski definition) is 2. The lowest BCUT2D eigenvalue weighted by Crippen LogP contribution is -2.33. The van der Waals surface area contributed by atoms with Crippen molar-refractivity contribution in [3.8, 4) is 0 Å². The number of nitrogens with one attached hydrogen (secondary N) is 1. The fourth-order valence-corrected chi connectivity index (χ4v) is 1.89. The molecule has 1 saturated carbocycles. The molecule has 4 nitrogen and oxygen atoms in total. The molecule has 1 fully saturated rings. The van der Waals surface area contributed by atoms with Crippen molar-refractivity contribution < 1.29 is 9.90 Å². The molecule has 0 amide bonds. The normalized spacial score (nSPS) is 17.6. The van der Waals surface area contributed by atoms with Crippen molar-refractivity contribution >= 4 is 11.8 Å².